The molecule has 1 aliphatic rings. The number of rotatable bonds is 5. The van der Waals surface area contributed by atoms with Crippen LogP contribution in [-0.2, 0) is 9.59 Å². The summed E-state index contributed by atoms with van der Waals surface area (Å²) in [6.45, 7) is -0.418. The first kappa shape index (κ1) is 18.0. The van der Waals surface area contributed by atoms with E-state index in [1.54, 1.807) is 24.3 Å². The van der Waals surface area contributed by atoms with Gasteiger partial charge in [-0.25, -0.2) is 0 Å². The van der Waals surface area contributed by atoms with Crippen LogP contribution < -0.4 is 10.6 Å². The average Bonchev–Trinajstić information content (AvgIpc) is 2.52. The van der Waals surface area contributed by atoms with E-state index in [9.17, 15) is 14.4 Å². The second kappa shape index (κ2) is 9.05. The number of carboxylic acids is 1. The van der Waals surface area contributed by atoms with Crippen LogP contribution in [0, 0.1) is 5.92 Å². The summed E-state index contributed by atoms with van der Waals surface area (Å²) in [5.41, 5.74) is 1.01. The van der Waals surface area contributed by atoms with Crippen LogP contribution >= 0.6 is 0 Å². The summed E-state index contributed by atoms with van der Waals surface area (Å²) in [7, 11) is 0. The van der Waals surface area contributed by atoms with E-state index in [0.717, 1.165) is 25.7 Å². The van der Waals surface area contributed by atoms with Crippen LogP contribution in [0.3, 0.4) is 0 Å². The number of nitrogens with one attached hydrogen (secondary N) is 2. The lowest BCUT2D eigenvalue weighted by Gasteiger charge is -2.19. The Morgan fingerprint density at radius 3 is 2.12 bits per heavy atom. The predicted molar refractivity (Wildman–Crippen MR) is 90.8 cm³/mol. The van der Waals surface area contributed by atoms with Crippen molar-refractivity contribution in [2.75, 3.05) is 11.9 Å². The fraction of sp³-hybridized carbons (Fsp3) is 0.500. The van der Waals surface area contributed by atoms with E-state index in [-0.39, 0.29) is 11.8 Å². The van der Waals surface area contributed by atoms with Crippen molar-refractivity contribution in [3.63, 3.8) is 0 Å². The van der Waals surface area contributed by atoms with Crippen molar-refractivity contribution in [2.24, 2.45) is 5.92 Å². The molecule has 0 atom stereocenters. The Balaban J connectivity index is 1.89. The molecule has 0 unspecified atom stereocenters. The zero-order chi connectivity index (χ0) is 17.4. The van der Waals surface area contributed by atoms with Gasteiger partial charge in [0.1, 0.15) is 6.54 Å². The largest absolute Gasteiger partial charge is 0.480 e. The third-order valence-corrected chi connectivity index (χ3v) is 4.29. The maximum atomic E-state index is 12.4. The van der Waals surface area contributed by atoms with Gasteiger partial charge < -0.3 is 15.7 Å². The number of carboxylic acid groups (broad SMARTS) is 1. The number of benzene rings is 1. The summed E-state index contributed by atoms with van der Waals surface area (Å²) >= 11 is 0. The lowest BCUT2D eigenvalue weighted by atomic mass is 9.90. The quantitative estimate of drug-likeness (QED) is 0.772. The highest BCUT2D eigenvalue weighted by Crippen LogP contribution is 2.23. The Labute approximate surface area is 141 Å². The van der Waals surface area contributed by atoms with Gasteiger partial charge >= 0.3 is 5.97 Å². The Bertz CT molecular complexity index is 575. The van der Waals surface area contributed by atoms with E-state index >= 15 is 0 Å². The highest BCUT2D eigenvalue weighted by molar-refractivity contribution is 5.97. The lowest BCUT2D eigenvalue weighted by molar-refractivity contribution is -0.135. The van der Waals surface area contributed by atoms with Crippen molar-refractivity contribution in [1.29, 1.82) is 0 Å². The summed E-state index contributed by atoms with van der Waals surface area (Å²) in [5.74, 6) is -1.44. The lowest BCUT2D eigenvalue weighted by Crippen LogP contribution is -2.29. The van der Waals surface area contributed by atoms with E-state index in [1.165, 1.54) is 19.3 Å². The predicted octanol–water partition coefficient (Wildman–Crippen LogP) is 2.80. The number of hydrogen-bond acceptors (Lipinski definition) is 3. The van der Waals surface area contributed by atoms with E-state index in [1.807, 2.05) is 0 Å². The standard InChI is InChI=1S/C18H24N2O4/c21-16(22)12-19-17(23)14-8-10-15(11-9-14)20-18(24)13-6-4-2-1-3-5-7-13/h8-11,13H,1-7,12H2,(H,19,23)(H,20,24)(H,21,22). The second-order valence-corrected chi connectivity index (χ2v) is 6.19. The molecule has 3 N–H and O–H groups in total. The van der Waals surface area contributed by atoms with Crippen LogP contribution in [0.5, 0.6) is 0 Å². The molecule has 0 aromatic heterocycles. The fourth-order valence-corrected chi connectivity index (χ4v) is 2.93. The van der Waals surface area contributed by atoms with Gasteiger partial charge in [0.15, 0.2) is 0 Å². The number of anilines is 1. The normalized spacial score (nSPS) is 15.8. The number of aliphatic carboxylic acids is 1. The maximum absolute atomic E-state index is 12.4. The SMILES string of the molecule is O=C(O)CNC(=O)c1ccc(NC(=O)C2CCCCCCC2)cc1. The monoisotopic (exact) mass is 332 g/mol. The molecule has 24 heavy (non-hydrogen) atoms. The first-order valence-electron chi connectivity index (χ1n) is 8.47. The van der Waals surface area contributed by atoms with E-state index in [0.29, 0.717) is 11.3 Å². The molecule has 6 nitrogen and oxygen atoms in total. The van der Waals surface area contributed by atoms with Crippen LogP contribution in [-0.4, -0.2) is 29.4 Å². The minimum atomic E-state index is -1.09. The van der Waals surface area contributed by atoms with Crippen LogP contribution in [0.25, 0.3) is 0 Å². The Morgan fingerprint density at radius 2 is 1.54 bits per heavy atom. The molecule has 0 spiro atoms. The summed E-state index contributed by atoms with van der Waals surface area (Å²) in [5, 5.41) is 13.8. The molecule has 0 aliphatic heterocycles. The summed E-state index contributed by atoms with van der Waals surface area (Å²) < 4.78 is 0. The van der Waals surface area contributed by atoms with Gasteiger partial charge in [0.2, 0.25) is 5.91 Å². The third kappa shape index (κ3) is 5.68. The number of amides is 2. The minimum absolute atomic E-state index is 0.0416. The summed E-state index contributed by atoms with van der Waals surface area (Å²) in [6, 6.07) is 6.48. The van der Waals surface area contributed by atoms with Crippen LogP contribution in [0.2, 0.25) is 0 Å². The molecule has 0 bridgehead atoms. The molecule has 0 saturated heterocycles. The number of hydrogen-bond donors (Lipinski definition) is 3. The molecule has 2 amide bonds. The highest BCUT2D eigenvalue weighted by Gasteiger charge is 2.19. The maximum Gasteiger partial charge on any atom is 0.322 e. The van der Waals surface area contributed by atoms with Crippen LogP contribution in [0.1, 0.15) is 55.3 Å². The first-order chi connectivity index (χ1) is 11.6. The van der Waals surface area contributed by atoms with Crippen molar-refractivity contribution in [3.8, 4) is 0 Å². The second-order valence-electron chi connectivity index (χ2n) is 6.19. The van der Waals surface area contributed by atoms with Crippen molar-refractivity contribution < 1.29 is 19.5 Å². The molecule has 1 aromatic carbocycles. The van der Waals surface area contributed by atoms with Crippen LogP contribution in [0.4, 0.5) is 5.69 Å². The van der Waals surface area contributed by atoms with Gasteiger partial charge in [-0.05, 0) is 37.1 Å². The molecule has 2 rings (SSSR count). The molecule has 0 radical (unpaired) electrons. The van der Waals surface area contributed by atoms with Crippen molar-refractivity contribution in [2.45, 2.75) is 44.9 Å². The Morgan fingerprint density at radius 1 is 0.958 bits per heavy atom. The highest BCUT2D eigenvalue weighted by atomic mass is 16.4. The molecule has 1 saturated carbocycles. The minimum Gasteiger partial charge on any atom is -0.480 e. The molecule has 1 fully saturated rings. The molecule has 0 heterocycles. The van der Waals surface area contributed by atoms with Gasteiger partial charge in [-0.3, -0.25) is 14.4 Å². The van der Waals surface area contributed by atoms with Gasteiger partial charge in [0, 0.05) is 17.2 Å². The average molecular weight is 332 g/mol. The molecule has 6 heteroatoms. The molecule has 1 aliphatic carbocycles. The molecular formula is C18H24N2O4. The van der Waals surface area contributed by atoms with Gasteiger partial charge in [-0.15, -0.1) is 0 Å². The molecular weight excluding hydrogens is 308 g/mol. The molecule has 1 aromatic rings. The van der Waals surface area contributed by atoms with E-state index in [2.05, 4.69) is 10.6 Å². The van der Waals surface area contributed by atoms with E-state index in [4.69, 9.17) is 5.11 Å². The van der Waals surface area contributed by atoms with Crippen molar-refractivity contribution >= 4 is 23.5 Å². The Hall–Kier alpha value is -2.37. The zero-order valence-corrected chi connectivity index (χ0v) is 13.7. The van der Waals surface area contributed by atoms with Crippen LogP contribution in [0.15, 0.2) is 24.3 Å². The van der Waals surface area contributed by atoms with Gasteiger partial charge in [-0.2, -0.15) is 0 Å². The van der Waals surface area contributed by atoms with Crippen molar-refractivity contribution in [3.05, 3.63) is 29.8 Å². The smallest absolute Gasteiger partial charge is 0.322 e. The number of carbonyl (C=O) groups excluding carboxylic acids is 2. The van der Waals surface area contributed by atoms with E-state index < -0.39 is 18.4 Å². The third-order valence-electron chi connectivity index (χ3n) is 4.29. The summed E-state index contributed by atoms with van der Waals surface area (Å²) in [6.07, 6.45) is 7.72. The topological polar surface area (TPSA) is 95.5 Å². The first-order valence-corrected chi connectivity index (χ1v) is 8.47. The van der Waals surface area contributed by atoms with Gasteiger partial charge in [0.05, 0.1) is 0 Å². The molecule has 130 valence electrons. The summed E-state index contributed by atoms with van der Waals surface area (Å²) in [4.78, 5) is 34.6. The van der Waals surface area contributed by atoms with Crippen molar-refractivity contribution in [1.82, 2.24) is 5.32 Å². The van der Waals surface area contributed by atoms with Gasteiger partial charge in [0.25, 0.3) is 5.91 Å². The zero-order valence-electron chi connectivity index (χ0n) is 13.7. The fourth-order valence-electron chi connectivity index (χ4n) is 2.93. The Kier molecular flexibility index (Phi) is 6.78. The van der Waals surface area contributed by atoms with Gasteiger partial charge in [-0.1, -0.05) is 32.1 Å². The number of carbonyl (C=O) groups is 3.